The van der Waals surface area contributed by atoms with Crippen LogP contribution in [0.5, 0.6) is 11.5 Å². The van der Waals surface area contributed by atoms with E-state index in [9.17, 15) is 9.90 Å². The molecule has 1 atom stereocenters. The zero-order chi connectivity index (χ0) is 11.5. The van der Waals surface area contributed by atoms with Gasteiger partial charge >= 0.3 is 5.97 Å². The molecule has 0 aliphatic carbocycles. The molecule has 2 N–H and O–H groups in total. The van der Waals surface area contributed by atoms with Gasteiger partial charge in [0.1, 0.15) is 13.2 Å². The second-order valence-corrected chi connectivity index (χ2v) is 3.52. The van der Waals surface area contributed by atoms with Crippen LogP contribution >= 0.6 is 0 Å². The minimum Gasteiger partial charge on any atom is -0.486 e. The molecule has 0 radical (unpaired) electrons. The fourth-order valence-electron chi connectivity index (χ4n) is 1.55. The maximum absolute atomic E-state index is 10.5. The Morgan fingerprint density at radius 2 is 2.00 bits per heavy atom. The van der Waals surface area contributed by atoms with Crippen molar-refractivity contribution in [2.45, 2.75) is 12.5 Å². The van der Waals surface area contributed by atoms with E-state index in [0.29, 0.717) is 30.3 Å². The lowest BCUT2D eigenvalue weighted by Crippen LogP contribution is -2.15. The van der Waals surface area contributed by atoms with Crippen LogP contribution in [0.3, 0.4) is 0 Å². The number of carboxylic acid groups (broad SMARTS) is 1. The topological polar surface area (TPSA) is 76.0 Å². The van der Waals surface area contributed by atoms with E-state index in [1.165, 1.54) is 0 Å². The minimum atomic E-state index is -1.04. The van der Waals surface area contributed by atoms with Crippen molar-refractivity contribution in [3.8, 4) is 11.5 Å². The SMILES string of the molecule is O=C(O)C[C@H](O)c1ccc2c(c1)OCCO2. The van der Waals surface area contributed by atoms with Crippen LogP contribution in [-0.2, 0) is 4.79 Å². The molecule has 5 nitrogen and oxygen atoms in total. The third-order valence-corrected chi connectivity index (χ3v) is 2.32. The molecule has 1 aromatic carbocycles. The van der Waals surface area contributed by atoms with Crippen LogP contribution in [0.1, 0.15) is 18.1 Å². The van der Waals surface area contributed by atoms with Crippen LogP contribution in [0, 0.1) is 0 Å². The number of carboxylic acids is 1. The standard InChI is InChI=1S/C11H12O5/c12-8(6-11(13)14)7-1-2-9-10(5-7)16-4-3-15-9/h1-2,5,8,12H,3-4,6H2,(H,13,14)/t8-/m0/s1. The third kappa shape index (κ3) is 2.25. The van der Waals surface area contributed by atoms with Gasteiger partial charge in [0.25, 0.3) is 0 Å². The molecule has 0 spiro atoms. The third-order valence-electron chi connectivity index (χ3n) is 2.32. The highest BCUT2D eigenvalue weighted by atomic mass is 16.6. The summed E-state index contributed by atoms with van der Waals surface area (Å²) in [5.41, 5.74) is 0.520. The van der Waals surface area contributed by atoms with Crippen molar-refractivity contribution in [1.82, 2.24) is 0 Å². The summed E-state index contributed by atoms with van der Waals surface area (Å²) in [7, 11) is 0. The number of aliphatic carboxylic acids is 1. The summed E-state index contributed by atoms with van der Waals surface area (Å²) in [6.07, 6.45) is -1.34. The molecule has 1 aliphatic heterocycles. The van der Waals surface area contributed by atoms with Gasteiger partial charge in [0, 0.05) is 0 Å². The number of ether oxygens (including phenoxy) is 2. The fraction of sp³-hybridized carbons (Fsp3) is 0.364. The number of hydrogen-bond donors (Lipinski definition) is 2. The lowest BCUT2D eigenvalue weighted by atomic mass is 10.1. The van der Waals surface area contributed by atoms with Gasteiger partial charge < -0.3 is 19.7 Å². The van der Waals surface area contributed by atoms with E-state index in [1.54, 1.807) is 18.2 Å². The van der Waals surface area contributed by atoms with Gasteiger partial charge in [-0.25, -0.2) is 0 Å². The molecule has 0 bridgehead atoms. The summed E-state index contributed by atoms with van der Waals surface area (Å²) in [6, 6.07) is 4.93. The van der Waals surface area contributed by atoms with Crippen LogP contribution < -0.4 is 9.47 Å². The molecular weight excluding hydrogens is 212 g/mol. The first-order chi connectivity index (χ1) is 7.66. The smallest absolute Gasteiger partial charge is 0.306 e. The van der Waals surface area contributed by atoms with Crippen molar-refractivity contribution in [1.29, 1.82) is 0 Å². The second kappa shape index (κ2) is 4.40. The number of benzene rings is 1. The van der Waals surface area contributed by atoms with Crippen molar-refractivity contribution in [3.63, 3.8) is 0 Å². The highest BCUT2D eigenvalue weighted by molar-refractivity contribution is 5.67. The molecule has 0 aromatic heterocycles. The van der Waals surface area contributed by atoms with Crippen LogP contribution in [0.25, 0.3) is 0 Å². The molecule has 1 aromatic rings. The van der Waals surface area contributed by atoms with E-state index in [4.69, 9.17) is 14.6 Å². The first-order valence-corrected chi connectivity index (χ1v) is 4.96. The zero-order valence-corrected chi connectivity index (χ0v) is 8.55. The lowest BCUT2D eigenvalue weighted by Gasteiger charge is -2.19. The van der Waals surface area contributed by atoms with E-state index >= 15 is 0 Å². The summed E-state index contributed by atoms with van der Waals surface area (Å²) < 4.78 is 10.7. The molecular formula is C11H12O5. The summed E-state index contributed by atoms with van der Waals surface area (Å²) in [5.74, 6) is 0.133. The van der Waals surface area contributed by atoms with Crippen LogP contribution in [0.15, 0.2) is 18.2 Å². The number of rotatable bonds is 3. The zero-order valence-electron chi connectivity index (χ0n) is 8.55. The second-order valence-electron chi connectivity index (χ2n) is 3.52. The first kappa shape index (κ1) is 10.8. The molecule has 1 aliphatic rings. The van der Waals surface area contributed by atoms with E-state index in [1.807, 2.05) is 0 Å². The fourth-order valence-corrected chi connectivity index (χ4v) is 1.55. The average Bonchev–Trinajstić information content (AvgIpc) is 2.27. The Labute approximate surface area is 92.2 Å². The van der Waals surface area contributed by atoms with Gasteiger partial charge in [-0.05, 0) is 17.7 Å². The predicted molar refractivity (Wildman–Crippen MR) is 54.6 cm³/mol. The molecule has 5 heteroatoms. The van der Waals surface area contributed by atoms with E-state index < -0.39 is 12.1 Å². The molecule has 0 unspecified atom stereocenters. The molecule has 86 valence electrons. The summed E-state index contributed by atoms with van der Waals surface area (Å²) >= 11 is 0. The Morgan fingerprint density at radius 3 is 2.69 bits per heavy atom. The van der Waals surface area contributed by atoms with Crippen molar-refractivity contribution in [2.75, 3.05) is 13.2 Å². The highest BCUT2D eigenvalue weighted by Gasteiger charge is 2.17. The number of fused-ring (bicyclic) bond motifs is 1. The Hall–Kier alpha value is -1.75. The van der Waals surface area contributed by atoms with Crippen molar-refractivity contribution < 1.29 is 24.5 Å². The highest BCUT2D eigenvalue weighted by Crippen LogP contribution is 2.33. The van der Waals surface area contributed by atoms with Crippen LogP contribution in [0.4, 0.5) is 0 Å². The maximum Gasteiger partial charge on any atom is 0.306 e. The Balaban J connectivity index is 2.19. The van der Waals surface area contributed by atoms with Crippen molar-refractivity contribution >= 4 is 5.97 Å². The Kier molecular flexibility index (Phi) is 2.96. The van der Waals surface area contributed by atoms with Gasteiger partial charge in [-0.2, -0.15) is 0 Å². The summed E-state index contributed by atoms with van der Waals surface area (Å²) in [6.45, 7) is 0.968. The number of aliphatic hydroxyl groups excluding tert-OH is 1. The normalized spacial score (nSPS) is 15.6. The molecule has 16 heavy (non-hydrogen) atoms. The van der Waals surface area contributed by atoms with Crippen LogP contribution in [-0.4, -0.2) is 29.4 Å². The summed E-state index contributed by atoms with van der Waals surface area (Å²) in [5, 5.41) is 18.2. The minimum absolute atomic E-state index is 0.320. The van der Waals surface area contributed by atoms with Crippen LogP contribution in [0.2, 0.25) is 0 Å². The van der Waals surface area contributed by atoms with E-state index in [0.717, 1.165) is 0 Å². The predicted octanol–water partition coefficient (Wildman–Crippen LogP) is 0.966. The molecule has 0 amide bonds. The number of aliphatic hydroxyl groups is 1. The maximum atomic E-state index is 10.5. The Bertz CT molecular complexity index is 401. The molecule has 0 saturated heterocycles. The van der Waals surface area contributed by atoms with Crippen molar-refractivity contribution in [3.05, 3.63) is 23.8 Å². The largest absolute Gasteiger partial charge is 0.486 e. The average molecular weight is 224 g/mol. The quantitative estimate of drug-likeness (QED) is 0.799. The molecule has 0 saturated carbocycles. The molecule has 2 rings (SSSR count). The monoisotopic (exact) mass is 224 g/mol. The van der Waals surface area contributed by atoms with Gasteiger partial charge in [0.15, 0.2) is 11.5 Å². The summed E-state index contributed by atoms with van der Waals surface area (Å²) in [4.78, 5) is 10.5. The number of carbonyl (C=O) groups is 1. The van der Waals surface area contributed by atoms with Gasteiger partial charge in [-0.3, -0.25) is 4.79 Å². The van der Waals surface area contributed by atoms with E-state index in [-0.39, 0.29) is 6.42 Å². The molecule has 1 heterocycles. The molecule has 0 fully saturated rings. The van der Waals surface area contributed by atoms with Crippen molar-refractivity contribution in [2.24, 2.45) is 0 Å². The van der Waals surface area contributed by atoms with Gasteiger partial charge in [0.2, 0.25) is 0 Å². The van der Waals surface area contributed by atoms with E-state index in [2.05, 4.69) is 0 Å². The first-order valence-electron chi connectivity index (χ1n) is 4.96. The number of hydrogen-bond acceptors (Lipinski definition) is 4. The van der Waals surface area contributed by atoms with Gasteiger partial charge in [-0.15, -0.1) is 0 Å². The lowest BCUT2D eigenvalue weighted by molar-refractivity contribution is -0.139. The van der Waals surface area contributed by atoms with Gasteiger partial charge in [-0.1, -0.05) is 6.07 Å². The Morgan fingerprint density at radius 1 is 1.31 bits per heavy atom. The van der Waals surface area contributed by atoms with Gasteiger partial charge in [0.05, 0.1) is 12.5 Å².